The van der Waals surface area contributed by atoms with E-state index in [2.05, 4.69) is 26.6 Å². The molecule has 1 aromatic carbocycles. The number of hydrogen-bond acceptors (Lipinski definition) is 3. The average molecular weight is 398 g/mol. The van der Waals surface area contributed by atoms with E-state index in [1.54, 1.807) is 31.2 Å². The molecule has 1 aliphatic heterocycles. The molecule has 3 amide bonds. The zero-order valence-corrected chi connectivity index (χ0v) is 14.9. The quantitative estimate of drug-likeness (QED) is 0.658. The summed E-state index contributed by atoms with van der Waals surface area (Å²) in [5.74, 6) is -1.10. The monoisotopic (exact) mass is 397 g/mol. The number of carboxylic acids is 1. The van der Waals surface area contributed by atoms with Crippen LogP contribution in [0.25, 0.3) is 0 Å². The van der Waals surface area contributed by atoms with Gasteiger partial charge in [0.25, 0.3) is 5.91 Å². The van der Waals surface area contributed by atoms with Gasteiger partial charge in [0, 0.05) is 36.2 Å². The van der Waals surface area contributed by atoms with Crippen LogP contribution in [-0.4, -0.2) is 54.1 Å². The molecule has 0 saturated carbocycles. The molecule has 24 heavy (non-hydrogen) atoms. The fourth-order valence-corrected chi connectivity index (χ4v) is 2.73. The summed E-state index contributed by atoms with van der Waals surface area (Å²) in [4.78, 5) is 36.6. The highest BCUT2D eigenvalue weighted by Crippen LogP contribution is 2.29. The van der Waals surface area contributed by atoms with Crippen molar-refractivity contribution >= 4 is 33.8 Å². The van der Waals surface area contributed by atoms with Crippen molar-refractivity contribution in [3.8, 4) is 0 Å². The predicted molar refractivity (Wildman–Crippen MR) is 91.8 cm³/mol. The Kier molecular flexibility index (Phi) is 5.82. The second-order valence-electron chi connectivity index (χ2n) is 6.03. The van der Waals surface area contributed by atoms with Crippen molar-refractivity contribution in [2.24, 2.45) is 5.41 Å². The lowest BCUT2D eigenvalue weighted by molar-refractivity contribution is -0.147. The second kappa shape index (κ2) is 7.65. The number of hydrogen-bond donors (Lipinski definition) is 3. The SMILES string of the molecule is CC1(C(=O)O)CCN(C(=O)NCCNC(=O)c2ccc(Br)cc2)C1. The van der Waals surface area contributed by atoms with Gasteiger partial charge in [-0.05, 0) is 37.6 Å². The summed E-state index contributed by atoms with van der Waals surface area (Å²) >= 11 is 3.30. The minimum Gasteiger partial charge on any atom is -0.481 e. The van der Waals surface area contributed by atoms with Gasteiger partial charge in [0.15, 0.2) is 0 Å². The lowest BCUT2D eigenvalue weighted by Crippen LogP contribution is -2.43. The fourth-order valence-electron chi connectivity index (χ4n) is 2.47. The normalized spacial score (nSPS) is 19.8. The molecule has 1 atom stereocenters. The predicted octanol–water partition coefficient (Wildman–Crippen LogP) is 1.69. The molecule has 0 spiro atoms. The Morgan fingerprint density at radius 3 is 2.42 bits per heavy atom. The molecule has 1 aromatic rings. The standard InChI is InChI=1S/C16H20BrN3O4/c1-16(14(22)23)6-9-20(10-16)15(24)19-8-7-18-13(21)11-2-4-12(17)5-3-11/h2-5H,6-10H2,1H3,(H,18,21)(H,19,24)(H,22,23). The van der Waals surface area contributed by atoms with Gasteiger partial charge >= 0.3 is 12.0 Å². The molecule has 8 heteroatoms. The van der Waals surface area contributed by atoms with Crippen LogP contribution < -0.4 is 10.6 Å². The number of amides is 3. The number of halogens is 1. The number of benzene rings is 1. The van der Waals surface area contributed by atoms with Crippen molar-refractivity contribution in [3.63, 3.8) is 0 Å². The molecule has 3 N–H and O–H groups in total. The fraction of sp³-hybridized carbons (Fsp3) is 0.438. The molecule has 2 rings (SSSR count). The molecular weight excluding hydrogens is 378 g/mol. The average Bonchev–Trinajstić information content (AvgIpc) is 2.96. The van der Waals surface area contributed by atoms with Crippen LogP contribution in [0.4, 0.5) is 4.79 Å². The Hall–Kier alpha value is -2.09. The number of likely N-dealkylation sites (tertiary alicyclic amines) is 1. The Labute approximate surface area is 148 Å². The third-order valence-corrected chi connectivity index (χ3v) is 4.60. The third-order valence-electron chi connectivity index (χ3n) is 4.07. The van der Waals surface area contributed by atoms with E-state index in [0.717, 1.165) is 4.47 Å². The van der Waals surface area contributed by atoms with Gasteiger partial charge in [-0.2, -0.15) is 0 Å². The first-order valence-corrected chi connectivity index (χ1v) is 8.41. The van der Waals surface area contributed by atoms with Crippen molar-refractivity contribution < 1.29 is 19.5 Å². The maximum absolute atomic E-state index is 12.0. The van der Waals surface area contributed by atoms with Crippen molar-refractivity contribution in [3.05, 3.63) is 34.3 Å². The molecule has 1 aliphatic rings. The first-order chi connectivity index (χ1) is 11.3. The van der Waals surface area contributed by atoms with Gasteiger partial charge in [-0.25, -0.2) is 4.79 Å². The first-order valence-electron chi connectivity index (χ1n) is 7.62. The first kappa shape index (κ1) is 18.3. The summed E-state index contributed by atoms with van der Waals surface area (Å²) < 4.78 is 0.894. The largest absolute Gasteiger partial charge is 0.481 e. The molecule has 0 bridgehead atoms. The molecule has 1 unspecified atom stereocenters. The van der Waals surface area contributed by atoms with Gasteiger partial charge < -0.3 is 20.6 Å². The van der Waals surface area contributed by atoms with E-state index in [9.17, 15) is 14.4 Å². The van der Waals surface area contributed by atoms with Crippen LogP contribution in [0.15, 0.2) is 28.7 Å². The van der Waals surface area contributed by atoms with E-state index in [-0.39, 0.29) is 25.0 Å². The van der Waals surface area contributed by atoms with Crippen LogP contribution in [0, 0.1) is 5.41 Å². The number of nitrogens with zero attached hydrogens (tertiary/aromatic N) is 1. The highest BCUT2D eigenvalue weighted by atomic mass is 79.9. The molecule has 130 valence electrons. The number of carboxylic acid groups (broad SMARTS) is 1. The summed E-state index contributed by atoms with van der Waals surface area (Å²) in [5, 5.41) is 14.6. The molecule has 1 heterocycles. The lowest BCUT2D eigenvalue weighted by Gasteiger charge is -2.20. The highest BCUT2D eigenvalue weighted by molar-refractivity contribution is 9.10. The second-order valence-corrected chi connectivity index (χ2v) is 6.95. The summed E-state index contributed by atoms with van der Waals surface area (Å²) in [6.07, 6.45) is 0.441. The van der Waals surface area contributed by atoms with E-state index in [4.69, 9.17) is 5.11 Å². The Bertz CT molecular complexity index is 635. The summed E-state index contributed by atoms with van der Waals surface area (Å²) in [5.41, 5.74) is -0.339. The number of aliphatic carboxylic acids is 1. The van der Waals surface area contributed by atoms with Crippen molar-refractivity contribution in [1.82, 2.24) is 15.5 Å². The Morgan fingerprint density at radius 1 is 1.21 bits per heavy atom. The number of rotatable bonds is 5. The summed E-state index contributed by atoms with van der Waals surface area (Å²) in [7, 11) is 0. The van der Waals surface area contributed by atoms with Crippen LogP contribution in [0.1, 0.15) is 23.7 Å². The van der Waals surface area contributed by atoms with E-state index in [0.29, 0.717) is 25.1 Å². The number of nitrogens with one attached hydrogen (secondary N) is 2. The summed E-state index contributed by atoms with van der Waals surface area (Å²) in [6.45, 7) is 2.83. The van der Waals surface area contributed by atoms with Crippen molar-refractivity contribution in [2.45, 2.75) is 13.3 Å². The third kappa shape index (κ3) is 4.47. The molecular formula is C16H20BrN3O4. The number of urea groups is 1. The molecule has 0 aromatic heterocycles. The molecule has 7 nitrogen and oxygen atoms in total. The molecule has 0 radical (unpaired) electrons. The van der Waals surface area contributed by atoms with Gasteiger partial charge in [-0.15, -0.1) is 0 Å². The van der Waals surface area contributed by atoms with E-state index in [1.807, 2.05) is 0 Å². The zero-order chi connectivity index (χ0) is 17.7. The summed E-state index contributed by atoms with van der Waals surface area (Å²) in [6, 6.07) is 6.66. The highest BCUT2D eigenvalue weighted by Gasteiger charge is 2.42. The Morgan fingerprint density at radius 2 is 1.83 bits per heavy atom. The van der Waals surface area contributed by atoms with Gasteiger partial charge in [0.1, 0.15) is 0 Å². The van der Waals surface area contributed by atoms with E-state index in [1.165, 1.54) is 4.90 Å². The van der Waals surface area contributed by atoms with Crippen LogP contribution >= 0.6 is 15.9 Å². The van der Waals surface area contributed by atoms with Gasteiger partial charge in [0.05, 0.1) is 5.41 Å². The van der Waals surface area contributed by atoms with Crippen LogP contribution in [0.5, 0.6) is 0 Å². The Balaban J connectivity index is 1.71. The number of carbonyl (C=O) groups excluding carboxylic acids is 2. The number of carbonyl (C=O) groups is 3. The van der Waals surface area contributed by atoms with Gasteiger partial charge in [-0.1, -0.05) is 15.9 Å². The lowest BCUT2D eigenvalue weighted by atomic mass is 9.90. The minimum atomic E-state index is -0.889. The van der Waals surface area contributed by atoms with E-state index >= 15 is 0 Å². The van der Waals surface area contributed by atoms with Crippen molar-refractivity contribution in [2.75, 3.05) is 26.2 Å². The van der Waals surface area contributed by atoms with Crippen molar-refractivity contribution in [1.29, 1.82) is 0 Å². The smallest absolute Gasteiger partial charge is 0.317 e. The maximum atomic E-state index is 12.0. The zero-order valence-electron chi connectivity index (χ0n) is 13.3. The van der Waals surface area contributed by atoms with Gasteiger partial charge in [0.2, 0.25) is 0 Å². The van der Waals surface area contributed by atoms with E-state index < -0.39 is 11.4 Å². The van der Waals surface area contributed by atoms with Gasteiger partial charge in [-0.3, -0.25) is 9.59 Å². The van der Waals surface area contributed by atoms with Crippen LogP contribution in [0.2, 0.25) is 0 Å². The maximum Gasteiger partial charge on any atom is 0.317 e. The topological polar surface area (TPSA) is 98.7 Å². The van der Waals surface area contributed by atoms with Crippen LogP contribution in [0.3, 0.4) is 0 Å². The van der Waals surface area contributed by atoms with Crippen LogP contribution in [-0.2, 0) is 4.79 Å². The minimum absolute atomic E-state index is 0.194. The molecule has 0 aliphatic carbocycles. The molecule has 1 fully saturated rings. The molecule has 1 saturated heterocycles.